The molecule has 6 N–H and O–H groups in total. The van der Waals surface area contributed by atoms with Gasteiger partial charge in [0.05, 0.1) is 11.3 Å². The number of carbonyl (C=O) groups excluding carboxylic acids is 3. The van der Waals surface area contributed by atoms with Gasteiger partial charge in [-0.1, -0.05) is 30.3 Å². The molecule has 1 aliphatic rings. The van der Waals surface area contributed by atoms with Crippen molar-refractivity contribution in [1.29, 1.82) is 0 Å². The molecule has 1 aliphatic heterocycles. The minimum absolute atomic E-state index is 0.0709. The number of nitrogens with one attached hydrogen (secondary N) is 2. The molecule has 0 aliphatic carbocycles. The number of rotatable bonds is 12. The smallest absolute Gasteiger partial charge is 0.255 e. The number of benzene rings is 2. The summed E-state index contributed by atoms with van der Waals surface area (Å²) in [7, 11) is 0. The molecule has 0 spiro atoms. The average molecular weight is 533 g/mol. The third-order valence-electron chi connectivity index (χ3n) is 6.76. The fraction of sp³-hybridized carbons (Fsp3) is 0.310. The number of aromatic nitrogens is 1. The predicted octanol–water partition coefficient (Wildman–Crippen LogP) is 2.71. The van der Waals surface area contributed by atoms with Crippen LogP contribution in [0.4, 0.5) is 10.2 Å². The van der Waals surface area contributed by atoms with Gasteiger partial charge in [0, 0.05) is 43.2 Å². The van der Waals surface area contributed by atoms with Crippen LogP contribution < -0.4 is 22.1 Å². The van der Waals surface area contributed by atoms with Crippen LogP contribution in [0, 0.1) is 5.82 Å². The Bertz CT molecular complexity index is 1350. The Balaban J connectivity index is 1.55. The van der Waals surface area contributed by atoms with Crippen molar-refractivity contribution in [2.45, 2.75) is 31.7 Å². The topological polar surface area (TPSA) is 143 Å². The van der Waals surface area contributed by atoms with Gasteiger partial charge < -0.3 is 27.0 Å². The molecule has 9 nitrogen and oxygen atoms in total. The van der Waals surface area contributed by atoms with E-state index in [0.717, 1.165) is 5.56 Å². The molecule has 10 heteroatoms. The van der Waals surface area contributed by atoms with E-state index < -0.39 is 5.91 Å². The minimum Gasteiger partial charge on any atom is -0.369 e. The standard InChI is InChI=1S/C29H33FN6O3/c30-20-6-3-5-19(17-20)13-15-33-28-24(10-11-25(35-28)22-7-1-2-8-23(22)27(32)38)29(39)34-18-21-9-12-26(37)36(21)16-4-14-31/h1-3,5-8,10-11,17,21H,4,9,12-16,18,31H2,(H2,32,38)(H,33,35)(H,34,39)/t21-/m1/s1. The highest BCUT2D eigenvalue weighted by molar-refractivity contribution is 6.01. The highest BCUT2D eigenvalue weighted by atomic mass is 19.1. The van der Waals surface area contributed by atoms with Gasteiger partial charge in [0.15, 0.2) is 0 Å². The van der Waals surface area contributed by atoms with Crippen molar-refractivity contribution in [3.63, 3.8) is 0 Å². The first kappa shape index (κ1) is 27.7. The third-order valence-corrected chi connectivity index (χ3v) is 6.76. The highest BCUT2D eigenvalue weighted by Crippen LogP contribution is 2.26. The Morgan fingerprint density at radius 1 is 1.08 bits per heavy atom. The van der Waals surface area contributed by atoms with Crippen molar-refractivity contribution < 1.29 is 18.8 Å². The van der Waals surface area contributed by atoms with E-state index in [-0.39, 0.29) is 23.7 Å². The van der Waals surface area contributed by atoms with Crippen molar-refractivity contribution in [2.24, 2.45) is 11.5 Å². The summed E-state index contributed by atoms with van der Waals surface area (Å²) in [6.07, 6.45) is 2.33. The molecule has 2 aromatic carbocycles. The molecular formula is C29H33FN6O3. The van der Waals surface area contributed by atoms with E-state index in [1.54, 1.807) is 47.4 Å². The number of carbonyl (C=O) groups is 3. The fourth-order valence-electron chi connectivity index (χ4n) is 4.75. The zero-order valence-electron chi connectivity index (χ0n) is 21.7. The third kappa shape index (κ3) is 6.97. The Labute approximate surface area is 226 Å². The summed E-state index contributed by atoms with van der Waals surface area (Å²) in [5, 5.41) is 6.15. The largest absolute Gasteiger partial charge is 0.369 e. The highest BCUT2D eigenvalue weighted by Gasteiger charge is 2.30. The van der Waals surface area contributed by atoms with Crippen LogP contribution in [0.15, 0.2) is 60.7 Å². The molecule has 204 valence electrons. The molecule has 1 atom stereocenters. The lowest BCUT2D eigenvalue weighted by Gasteiger charge is -2.25. The lowest BCUT2D eigenvalue weighted by molar-refractivity contribution is -0.128. The quantitative estimate of drug-likeness (QED) is 0.282. The van der Waals surface area contributed by atoms with Gasteiger partial charge in [-0.05, 0) is 61.7 Å². The molecule has 1 aromatic heterocycles. The van der Waals surface area contributed by atoms with Crippen molar-refractivity contribution >= 4 is 23.5 Å². The molecule has 1 fully saturated rings. The molecule has 3 aromatic rings. The van der Waals surface area contributed by atoms with Gasteiger partial charge in [-0.2, -0.15) is 0 Å². The average Bonchev–Trinajstić information content (AvgIpc) is 3.29. The van der Waals surface area contributed by atoms with E-state index in [1.807, 2.05) is 6.07 Å². The van der Waals surface area contributed by atoms with Crippen molar-refractivity contribution in [2.75, 3.05) is 31.5 Å². The first-order valence-electron chi connectivity index (χ1n) is 13.0. The van der Waals surface area contributed by atoms with Gasteiger partial charge in [0.1, 0.15) is 11.6 Å². The first-order chi connectivity index (χ1) is 18.9. The molecule has 0 saturated carbocycles. The zero-order valence-corrected chi connectivity index (χ0v) is 21.7. The van der Waals surface area contributed by atoms with E-state index >= 15 is 0 Å². The van der Waals surface area contributed by atoms with Gasteiger partial charge in [0.25, 0.3) is 5.91 Å². The summed E-state index contributed by atoms with van der Waals surface area (Å²) in [6.45, 7) is 1.76. The molecule has 2 heterocycles. The van der Waals surface area contributed by atoms with Gasteiger partial charge in [-0.3, -0.25) is 14.4 Å². The van der Waals surface area contributed by atoms with Gasteiger partial charge in [0.2, 0.25) is 11.8 Å². The first-order valence-corrected chi connectivity index (χ1v) is 13.0. The lowest BCUT2D eigenvalue weighted by atomic mass is 10.0. The van der Waals surface area contributed by atoms with Gasteiger partial charge >= 0.3 is 0 Å². The van der Waals surface area contributed by atoms with Crippen LogP contribution >= 0.6 is 0 Å². The van der Waals surface area contributed by atoms with E-state index in [9.17, 15) is 18.8 Å². The summed E-state index contributed by atoms with van der Waals surface area (Å²) in [6, 6.07) is 16.4. The van der Waals surface area contributed by atoms with Crippen LogP contribution in [0.1, 0.15) is 45.5 Å². The number of primary amides is 1. The molecule has 0 radical (unpaired) electrons. The van der Waals surface area contributed by atoms with E-state index in [4.69, 9.17) is 11.5 Å². The maximum Gasteiger partial charge on any atom is 0.255 e. The second-order valence-corrected chi connectivity index (χ2v) is 9.44. The van der Waals surface area contributed by atoms with Crippen LogP contribution in [-0.4, -0.2) is 59.8 Å². The lowest BCUT2D eigenvalue weighted by Crippen LogP contribution is -2.42. The number of pyridine rings is 1. The second-order valence-electron chi connectivity index (χ2n) is 9.44. The Morgan fingerprint density at radius 3 is 2.67 bits per heavy atom. The Kier molecular flexibility index (Phi) is 9.22. The van der Waals surface area contributed by atoms with Gasteiger partial charge in [-0.25, -0.2) is 9.37 Å². The molecule has 4 rings (SSSR count). The zero-order chi connectivity index (χ0) is 27.8. The van der Waals surface area contributed by atoms with Crippen molar-refractivity contribution in [1.82, 2.24) is 15.2 Å². The number of likely N-dealkylation sites (tertiary alicyclic amines) is 1. The van der Waals surface area contributed by atoms with Crippen LogP contribution in [0.2, 0.25) is 0 Å². The molecule has 0 unspecified atom stereocenters. The van der Waals surface area contributed by atoms with Crippen molar-refractivity contribution in [3.8, 4) is 11.3 Å². The van der Waals surface area contributed by atoms with Crippen LogP contribution in [0.25, 0.3) is 11.3 Å². The van der Waals surface area contributed by atoms with E-state index in [2.05, 4.69) is 15.6 Å². The maximum absolute atomic E-state index is 13.6. The van der Waals surface area contributed by atoms with Crippen LogP contribution in [0.5, 0.6) is 0 Å². The normalized spacial score (nSPS) is 14.9. The number of hydrogen-bond acceptors (Lipinski definition) is 6. The molecule has 39 heavy (non-hydrogen) atoms. The van der Waals surface area contributed by atoms with Gasteiger partial charge in [-0.15, -0.1) is 0 Å². The van der Waals surface area contributed by atoms with Crippen LogP contribution in [-0.2, 0) is 11.2 Å². The summed E-state index contributed by atoms with van der Waals surface area (Å²) in [5.41, 5.74) is 13.6. The Morgan fingerprint density at radius 2 is 1.90 bits per heavy atom. The minimum atomic E-state index is -0.583. The number of anilines is 1. The number of hydrogen-bond donors (Lipinski definition) is 4. The molecule has 3 amide bonds. The van der Waals surface area contributed by atoms with Crippen LogP contribution in [0.3, 0.4) is 0 Å². The Hall–Kier alpha value is -4.31. The maximum atomic E-state index is 13.6. The SMILES string of the molecule is NCCCN1C(=O)CC[C@@H]1CNC(=O)c1ccc(-c2ccccc2C(N)=O)nc1NCCc1cccc(F)c1. The summed E-state index contributed by atoms with van der Waals surface area (Å²) in [4.78, 5) is 44.0. The second kappa shape index (κ2) is 13.0. The number of nitrogens with two attached hydrogens (primary N) is 2. The summed E-state index contributed by atoms with van der Waals surface area (Å²) < 4.78 is 13.6. The van der Waals surface area contributed by atoms with Crippen molar-refractivity contribution in [3.05, 3.63) is 83.2 Å². The monoisotopic (exact) mass is 532 g/mol. The number of amides is 3. The molecule has 1 saturated heterocycles. The summed E-state index contributed by atoms with van der Waals surface area (Å²) in [5.74, 6) is -0.852. The number of halogens is 1. The number of nitrogens with zero attached hydrogens (tertiary/aromatic N) is 2. The van der Waals surface area contributed by atoms with E-state index in [0.29, 0.717) is 80.1 Å². The van der Waals surface area contributed by atoms with E-state index in [1.165, 1.54) is 12.1 Å². The summed E-state index contributed by atoms with van der Waals surface area (Å²) >= 11 is 0. The fourth-order valence-corrected chi connectivity index (χ4v) is 4.75. The molecular weight excluding hydrogens is 499 g/mol. The predicted molar refractivity (Wildman–Crippen MR) is 148 cm³/mol. The molecule has 0 bridgehead atoms.